The largest absolute Gasteiger partial charge is 0.456 e. The lowest BCUT2D eigenvalue weighted by Crippen LogP contribution is -2.00. The Balaban J connectivity index is 0.969. The Kier molecular flexibility index (Phi) is 8.42. The van der Waals surface area contributed by atoms with Gasteiger partial charge in [-0.1, -0.05) is 164 Å². The van der Waals surface area contributed by atoms with Crippen molar-refractivity contribution in [2.75, 3.05) is 0 Å². The number of rotatable bonds is 7. The highest BCUT2D eigenvalue weighted by atomic mass is 16.3. The van der Waals surface area contributed by atoms with Gasteiger partial charge in [0.15, 0.2) is 17.5 Å². The molecule has 5 heteroatoms. The zero-order valence-electron chi connectivity index (χ0n) is 33.4. The quantitative estimate of drug-likeness (QED) is 0.161. The van der Waals surface area contributed by atoms with Gasteiger partial charge in [0.25, 0.3) is 0 Å². The van der Waals surface area contributed by atoms with Gasteiger partial charge in [-0.15, -0.1) is 0 Å². The van der Waals surface area contributed by atoms with Gasteiger partial charge in [-0.05, 0) is 93.0 Å². The number of furan rings is 2. The normalized spacial score (nSPS) is 11.5. The van der Waals surface area contributed by atoms with Crippen LogP contribution in [0.1, 0.15) is 0 Å². The molecule has 0 atom stereocenters. The summed E-state index contributed by atoms with van der Waals surface area (Å²) in [7, 11) is 0. The van der Waals surface area contributed by atoms with Gasteiger partial charge in [-0.25, -0.2) is 15.0 Å². The molecular weight excluding hydrogens is 759 g/mol. The molecule has 0 radical (unpaired) electrons. The fourth-order valence-electron chi connectivity index (χ4n) is 8.75. The first kappa shape index (κ1) is 35.5. The Morgan fingerprint density at radius 3 is 1.32 bits per heavy atom. The molecule has 9 aromatic carbocycles. The first-order valence-corrected chi connectivity index (χ1v) is 20.7. The van der Waals surface area contributed by atoms with Crippen molar-refractivity contribution >= 4 is 43.9 Å². The molecule has 0 spiro atoms. The maximum atomic E-state index is 6.71. The van der Waals surface area contributed by atoms with Crippen molar-refractivity contribution in [2.24, 2.45) is 0 Å². The predicted octanol–water partition coefficient (Wildman–Crippen LogP) is 15.3. The lowest BCUT2D eigenvalue weighted by molar-refractivity contribution is 0.668. The lowest BCUT2D eigenvalue weighted by Gasteiger charge is -2.11. The number of hydrogen-bond donors (Lipinski definition) is 0. The van der Waals surface area contributed by atoms with Crippen molar-refractivity contribution in [2.45, 2.75) is 0 Å². The van der Waals surface area contributed by atoms with E-state index in [0.29, 0.717) is 17.5 Å². The van der Waals surface area contributed by atoms with Crippen LogP contribution in [-0.4, -0.2) is 15.0 Å². The molecule has 3 heterocycles. The van der Waals surface area contributed by atoms with E-state index in [-0.39, 0.29) is 0 Å². The van der Waals surface area contributed by atoms with Crippen molar-refractivity contribution in [1.29, 1.82) is 0 Å². The van der Waals surface area contributed by atoms with Crippen molar-refractivity contribution < 1.29 is 8.83 Å². The van der Waals surface area contributed by atoms with E-state index in [1.165, 1.54) is 0 Å². The average molecular weight is 794 g/mol. The third kappa shape index (κ3) is 6.23. The van der Waals surface area contributed by atoms with Crippen LogP contribution in [0.5, 0.6) is 0 Å². The van der Waals surface area contributed by atoms with Crippen molar-refractivity contribution in [1.82, 2.24) is 15.0 Å². The van der Waals surface area contributed by atoms with Crippen LogP contribution in [0.4, 0.5) is 0 Å². The number of aromatic nitrogens is 3. The molecule has 0 amide bonds. The summed E-state index contributed by atoms with van der Waals surface area (Å²) >= 11 is 0. The summed E-state index contributed by atoms with van der Waals surface area (Å²) in [5.74, 6) is 1.76. The molecule has 0 saturated heterocycles. The van der Waals surface area contributed by atoms with Crippen LogP contribution in [0.15, 0.2) is 221 Å². The Bertz CT molecular complexity index is 3540. The van der Waals surface area contributed by atoms with Crippen LogP contribution in [0, 0.1) is 0 Å². The number of nitrogens with zero attached hydrogens (tertiary/aromatic N) is 3. The fraction of sp³-hybridized carbons (Fsp3) is 0. The Labute approximate surface area is 357 Å². The monoisotopic (exact) mass is 793 g/mol. The molecule has 0 saturated carbocycles. The highest BCUT2D eigenvalue weighted by molar-refractivity contribution is 6.14. The minimum Gasteiger partial charge on any atom is -0.456 e. The summed E-state index contributed by atoms with van der Waals surface area (Å²) < 4.78 is 13.0. The second-order valence-corrected chi connectivity index (χ2v) is 15.5. The number of fused-ring (bicyclic) bond motifs is 6. The van der Waals surface area contributed by atoms with Gasteiger partial charge in [-0.2, -0.15) is 0 Å². The van der Waals surface area contributed by atoms with Crippen LogP contribution in [0.2, 0.25) is 0 Å². The SMILES string of the molecule is c1ccc(-c2cccc(-c3nc(-c4cccc(-c5ccccc5)c4)nc(-c4ccc5c(c4)oc4cc(-c6ccccc6-c6cccc7oc8ccccc8c67)ccc45)n3)c2)cc1. The molecule has 12 rings (SSSR count). The van der Waals surface area contributed by atoms with E-state index in [9.17, 15) is 0 Å². The molecule has 62 heavy (non-hydrogen) atoms. The van der Waals surface area contributed by atoms with Crippen LogP contribution in [0.25, 0.3) is 123 Å². The lowest BCUT2D eigenvalue weighted by atomic mass is 9.91. The van der Waals surface area contributed by atoms with Gasteiger partial charge in [0.1, 0.15) is 22.3 Å². The van der Waals surface area contributed by atoms with Crippen LogP contribution in [-0.2, 0) is 0 Å². The standard InChI is InChI=1S/C57H35N3O2/c1-3-14-36(15-4-1)38-18-11-20-41(32-38)55-58-56(42-21-12-19-39(33-42)37-16-5-2-6-17-37)60-57(59-55)43-29-31-47-46-30-28-40(34-52(46)62-53(47)35-43)44-22-7-8-23-45(44)48-25-13-27-51-54(48)49-24-9-10-26-50(49)61-51/h1-35H. The summed E-state index contributed by atoms with van der Waals surface area (Å²) in [5.41, 5.74) is 14.9. The smallest absolute Gasteiger partial charge is 0.164 e. The third-order valence-corrected chi connectivity index (χ3v) is 11.8. The molecule has 290 valence electrons. The molecule has 0 aliphatic heterocycles. The highest BCUT2D eigenvalue weighted by Gasteiger charge is 2.19. The van der Waals surface area contributed by atoms with Crippen molar-refractivity contribution in [3.63, 3.8) is 0 Å². The third-order valence-electron chi connectivity index (χ3n) is 11.8. The molecule has 0 aliphatic carbocycles. The Morgan fingerprint density at radius 2 is 0.677 bits per heavy atom. The zero-order chi connectivity index (χ0) is 41.0. The van der Waals surface area contributed by atoms with E-state index in [4.69, 9.17) is 23.8 Å². The van der Waals surface area contributed by atoms with E-state index < -0.39 is 0 Å². The van der Waals surface area contributed by atoms with Gasteiger partial charge in [-0.3, -0.25) is 0 Å². The number of benzene rings is 9. The summed E-state index contributed by atoms with van der Waals surface area (Å²) in [6.45, 7) is 0. The van der Waals surface area contributed by atoms with Gasteiger partial charge < -0.3 is 8.83 Å². The van der Waals surface area contributed by atoms with E-state index in [0.717, 1.165) is 105 Å². The molecule has 0 aliphatic rings. The Morgan fingerprint density at radius 1 is 0.242 bits per heavy atom. The predicted molar refractivity (Wildman–Crippen MR) is 252 cm³/mol. The number of hydrogen-bond acceptors (Lipinski definition) is 5. The summed E-state index contributed by atoms with van der Waals surface area (Å²) in [6, 6.07) is 73.4. The van der Waals surface area contributed by atoms with E-state index in [2.05, 4.69) is 182 Å². The Hall–Kier alpha value is -8.41. The van der Waals surface area contributed by atoms with Crippen molar-refractivity contribution in [3.05, 3.63) is 212 Å². The van der Waals surface area contributed by atoms with Gasteiger partial charge in [0, 0.05) is 38.2 Å². The average Bonchev–Trinajstić information content (AvgIpc) is 3.92. The maximum Gasteiger partial charge on any atom is 0.164 e. The molecular formula is C57H35N3O2. The van der Waals surface area contributed by atoms with Gasteiger partial charge >= 0.3 is 0 Å². The maximum absolute atomic E-state index is 6.71. The zero-order valence-corrected chi connectivity index (χ0v) is 33.4. The first-order valence-electron chi connectivity index (χ1n) is 20.7. The fourth-order valence-corrected chi connectivity index (χ4v) is 8.75. The van der Waals surface area contributed by atoms with Gasteiger partial charge in [0.2, 0.25) is 0 Å². The summed E-state index contributed by atoms with van der Waals surface area (Å²) in [4.78, 5) is 15.4. The van der Waals surface area contributed by atoms with Crippen LogP contribution in [0.3, 0.4) is 0 Å². The highest BCUT2D eigenvalue weighted by Crippen LogP contribution is 2.42. The second-order valence-electron chi connectivity index (χ2n) is 15.5. The molecule has 0 unspecified atom stereocenters. The minimum atomic E-state index is 0.568. The van der Waals surface area contributed by atoms with Crippen LogP contribution >= 0.6 is 0 Å². The minimum absolute atomic E-state index is 0.568. The topological polar surface area (TPSA) is 65.0 Å². The van der Waals surface area contributed by atoms with E-state index in [1.807, 2.05) is 30.3 Å². The molecule has 12 aromatic rings. The van der Waals surface area contributed by atoms with E-state index >= 15 is 0 Å². The molecule has 0 bridgehead atoms. The summed E-state index contributed by atoms with van der Waals surface area (Å²) in [6.07, 6.45) is 0. The van der Waals surface area contributed by atoms with Gasteiger partial charge in [0.05, 0.1) is 0 Å². The number of para-hydroxylation sites is 1. The molecule has 0 fully saturated rings. The van der Waals surface area contributed by atoms with E-state index in [1.54, 1.807) is 0 Å². The van der Waals surface area contributed by atoms with Crippen molar-refractivity contribution in [3.8, 4) is 78.7 Å². The molecule has 0 N–H and O–H groups in total. The molecule has 5 nitrogen and oxygen atoms in total. The van der Waals surface area contributed by atoms with Crippen LogP contribution < -0.4 is 0 Å². The molecule has 3 aromatic heterocycles. The summed E-state index contributed by atoms with van der Waals surface area (Å²) in [5, 5.41) is 4.29. The first-order chi connectivity index (χ1) is 30.7. The second kappa shape index (κ2) is 14.7.